The van der Waals surface area contributed by atoms with E-state index in [9.17, 15) is 4.79 Å². The predicted molar refractivity (Wildman–Crippen MR) is 81.0 cm³/mol. The molecule has 20 heavy (non-hydrogen) atoms. The van der Waals surface area contributed by atoms with E-state index in [1.54, 1.807) is 7.05 Å². The minimum atomic E-state index is 0.118. The molecule has 1 fully saturated rings. The summed E-state index contributed by atoms with van der Waals surface area (Å²) in [7, 11) is 1.69. The van der Waals surface area contributed by atoms with Crippen molar-refractivity contribution in [3.05, 3.63) is 18.2 Å². The number of para-hydroxylation sites is 1. The molecule has 0 bridgehead atoms. The fourth-order valence-corrected chi connectivity index (χ4v) is 2.68. The zero-order chi connectivity index (χ0) is 14.5. The molecular weight excluding hydrogens is 254 g/mol. The van der Waals surface area contributed by atoms with Crippen LogP contribution >= 0.6 is 0 Å². The first-order valence-corrected chi connectivity index (χ1v) is 7.15. The van der Waals surface area contributed by atoms with Gasteiger partial charge in [0.05, 0.1) is 18.0 Å². The van der Waals surface area contributed by atoms with Crippen LogP contribution in [0, 0.1) is 5.92 Å². The van der Waals surface area contributed by atoms with Crippen LogP contribution < -0.4 is 20.7 Å². The minimum absolute atomic E-state index is 0.118. The molecular formula is C15H23N3O2. The van der Waals surface area contributed by atoms with Crippen molar-refractivity contribution in [3.63, 3.8) is 0 Å². The van der Waals surface area contributed by atoms with Gasteiger partial charge in [0.2, 0.25) is 5.91 Å². The number of ether oxygens (including phenoxy) is 1. The standard InChI is InChI=1S/C15H23N3O2/c1-3-20-13-6-4-5-12(14(13)16)18-9-7-11(8-10-18)15(19)17-2/h4-6,11H,3,7-10,16H2,1-2H3,(H,17,19). The maximum Gasteiger partial charge on any atom is 0.222 e. The number of hydrogen-bond donors (Lipinski definition) is 2. The van der Waals surface area contributed by atoms with Crippen molar-refractivity contribution in [3.8, 4) is 5.75 Å². The second kappa shape index (κ2) is 6.50. The zero-order valence-corrected chi connectivity index (χ0v) is 12.2. The van der Waals surface area contributed by atoms with Gasteiger partial charge in [-0.2, -0.15) is 0 Å². The number of amides is 1. The van der Waals surface area contributed by atoms with E-state index in [4.69, 9.17) is 10.5 Å². The summed E-state index contributed by atoms with van der Waals surface area (Å²) < 4.78 is 5.53. The van der Waals surface area contributed by atoms with Crippen LogP contribution in [0.2, 0.25) is 0 Å². The Hall–Kier alpha value is -1.91. The molecule has 1 saturated heterocycles. The van der Waals surface area contributed by atoms with Crippen molar-refractivity contribution < 1.29 is 9.53 Å². The Labute approximate surface area is 120 Å². The van der Waals surface area contributed by atoms with E-state index >= 15 is 0 Å². The van der Waals surface area contributed by atoms with E-state index in [1.165, 1.54) is 0 Å². The predicted octanol–water partition coefficient (Wildman–Crippen LogP) is 1.63. The lowest BCUT2D eigenvalue weighted by Gasteiger charge is -2.33. The van der Waals surface area contributed by atoms with Crippen molar-refractivity contribution >= 4 is 17.3 Å². The molecule has 1 aliphatic heterocycles. The first kappa shape index (κ1) is 14.5. The van der Waals surface area contributed by atoms with E-state index in [0.29, 0.717) is 12.3 Å². The van der Waals surface area contributed by atoms with Crippen molar-refractivity contribution in [2.24, 2.45) is 5.92 Å². The van der Waals surface area contributed by atoms with Gasteiger partial charge < -0.3 is 20.7 Å². The van der Waals surface area contributed by atoms with Crippen molar-refractivity contribution in [2.75, 3.05) is 37.4 Å². The molecule has 0 atom stereocenters. The molecule has 0 saturated carbocycles. The van der Waals surface area contributed by atoms with Crippen LogP contribution in [-0.2, 0) is 4.79 Å². The molecule has 0 unspecified atom stereocenters. The largest absolute Gasteiger partial charge is 0.492 e. The average Bonchev–Trinajstić information content (AvgIpc) is 2.49. The Bertz CT molecular complexity index is 468. The van der Waals surface area contributed by atoms with Gasteiger partial charge in [0.15, 0.2) is 0 Å². The molecule has 1 amide bonds. The summed E-state index contributed by atoms with van der Waals surface area (Å²) in [5.41, 5.74) is 7.87. The number of benzene rings is 1. The van der Waals surface area contributed by atoms with Crippen LogP contribution in [0.5, 0.6) is 5.75 Å². The fourth-order valence-electron chi connectivity index (χ4n) is 2.68. The van der Waals surface area contributed by atoms with Crippen molar-refractivity contribution in [2.45, 2.75) is 19.8 Å². The third-order valence-corrected chi connectivity index (χ3v) is 3.80. The molecule has 1 aromatic rings. The average molecular weight is 277 g/mol. The number of hydrogen-bond acceptors (Lipinski definition) is 4. The normalized spacial score (nSPS) is 16.0. The second-order valence-corrected chi connectivity index (χ2v) is 5.00. The second-order valence-electron chi connectivity index (χ2n) is 5.00. The third kappa shape index (κ3) is 2.98. The van der Waals surface area contributed by atoms with Gasteiger partial charge in [-0.15, -0.1) is 0 Å². The van der Waals surface area contributed by atoms with E-state index < -0.39 is 0 Å². The maximum absolute atomic E-state index is 11.6. The first-order valence-electron chi connectivity index (χ1n) is 7.15. The van der Waals surface area contributed by atoms with Crippen molar-refractivity contribution in [1.29, 1.82) is 0 Å². The summed E-state index contributed by atoms with van der Waals surface area (Å²) in [5.74, 6) is 0.992. The molecule has 110 valence electrons. The summed E-state index contributed by atoms with van der Waals surface area (Å²) in [5, 5.41) is 2.72. The summed E-state index contributed by atoms with van der Waals surface area (Å²) in [6, 6.07) is 5.86. The molecule has 0 spiro atoms. The van der Waals surface area contributed by atoms with Gasteiger partial charge in [0.1, 0.15) is 5.75 Å². The van der Waals surface area contributed by atoms with Gasteiger partial charge in [0, 0.05) is 26.1 Å². The SMILES string of the molecule is CCOc1cccc(N2CCC(C(=O)NC)CC2)c1N. The lowest BCUT2D eigenvalue weighted by molar-refractivity contribution is -0.125. The summed E-state index contributed by atoms with van der Waals surface area (Å²) >= 11 is 0. The molecule has 0 aliphatic carbocycles. The lowest BCUT2D eigenvalue weighted by Crippen LogP contribution is -2.39. The summed E-state index contributed by atoms with van der Waals surface area (Å²) in [6.45, 7) is 4.24. The monoisotopic (exact) mass is 277 g/mol. The number of nitrogens with two attached hydrogens (primary N) is 1. The van der Waals surface area contributed by atoms with Crippen LogP contribution in [0.15, 0.2) is 18.2 Å². The highest BCUT2D eigenvalue weighted by Crippen LogP contribution is 2.34. The summed E-state index contributed by atoms with van der Waals surface area (Å²) in [4.78, 5) is 13.9. The molecule has 2 rings (SSSR count). The van der Waals surface area contributed by atoms with Crippen LogP contribution in [0.3, 0.4) is 0 Å². The Balaban J connectivity index is 2.07. The molecule has 1 heterocycles. The first-order chi connectivity index (χ1) is 9.67. The molecule has 0 radical (unpaired) electrons. The Morgan fingerprint density at radius 3 is 2.75 bits per heavy atom. The molecule has 0 aromatic heterocycles. The smallest absolute Gasteiger partial charge is 0.222 e. The van der Waals surface area contributed by atoms with E-state index in [0.717, 1.165) is 37.4 Å². The highest BCUT2D eigenvalue weighted by atomic mass is 16.5. The molecule has 5 nitrogen and oxygen atoms in total. The van der Waals surface area contributed by atoms with Gasteiger partial charge in [-0.1, -0.05) is 6.07 Å². The fraction of sp³-hybridized carbons (Fsp3) is 0.533. The van der Waals surface area contributed by atoms with Gasteiger partial charge in [0.25, 0.3) is 0 Å². The number of nitrogens with one attached hydrogen (secondary N) is 1. The van der Waals surface area contributed by atoms with Crippen molar-refractivity contribution in [1.82, 2.24) is 5.32 Å². The quantitative estimate of drug-likeness (QED) is 0.821. The van der Waals surface area contributed by atoms with Gasteiger partial charge >= 0.3 is 0 Å². The molecule has 3 N–H and O–H groups in total. The van der Waals surface area contributed by atoms with E-state index in [2.05, 4.69) is 10.2 Å². The highest BCUT2D eigenvalue weighted by molar-refractivity contribution is 5.79. The number of nitrogen functional groups attached to an aromatic ring is 1. The van der Waals surface area contributed by atoms with E-state index in [-0.39, 0.29) is 11.8 Å². The number of carbonyl (C=O) groups is 1. The van der Waals surface area contributed by atoms with E-state index in [1.807, 2.05) is 25.1 Å². The highest BCUT2D eigenvalue weighted by Gasteiger charge is 2.25. The molecule has 1 aromatic carbocycles. The number of rotatable bonds is 4. The molecule has 1 aliphatic rings. The van der Waals surface area contributed by atoms with Crippen LogP contribution in [-0.4, -0.2) is 32.7 Å². The third-order valence-electron chi connectivity index (χ3n) is 3.80. The maximum atomic E-state index is 11.6. The summed E-state index contributed by atoms with van der Waals surface area (Å²) in [6.07, 6.45) is 1.72. The van der Waals surface area contributed by atoms with Crippen LogP contribution in [0.4, 0.5) is 11.4 Å². The Morgan fingerprint density at radius 2 is 2.15 bits per heavy atom. The van der Waals surface area contributed by atoms with Crippen LogP contribution in [0.25, 0.3) is 0 Å². The number of carbonyl (C=O) groups excluding carboxylic acids is 1. The Kier molecular flexibility index (Phi) is 4.71. The number of anilines is 2. The topological polar surface area (TPSA) is 67.6 Å². The number of piperidine rings is 1. The van der Waals surface area contributed by atoms with Gasteiger partial charge in [-0.3, -0.25) is 4.79 Å². The minimum Gasteiger partial charge on any atom is -0.492 e. The van der Waals surface area contributed by atoms with Gasteiger partial charge in [-0.05, 0) is 31.9 Å². The molecule has 5 heteroatoms. The Morgan fingerprint density at radius 1 is 1.45 bits per heavy atom. The number of nitrogens with zero attached hydrogens (tertiary/aromatic N) is 1. The zero-order valence-electron chi connectivity index (χ0n) is 12.2. The van der Waals surface area contributed by atoms with Crippen LogP contribution in [0.1, 0.15) is 19.8 Å². The lowest BCUT2D eigenvalue weighted by atomic mass is 9.95. The van der Waals surface area contributed by atoms with Gasteiger partial charge in [-0.25, -0.2) is 0 Å².